The Hall–Kier alpha value is -1.79. The van der Waals surface area contributed by atoms with Crippen LogP contribution in [0.1, 0.15) is 10.4 Å². The Morgan fingerprint density at radius 1 is 1.28 bits per heavy atom. The molecule has 1 heterocycles. The highest BCUT2D eigenvalue weighted by Crippen LogP contribution is 2.20. The van der Waals surface area contributed by atoms with Gasteiger partial charge in [0, 0.05) is 18.2 Å². The lowest BCUT2D eigenvalue weighted by Gasteiger charge is -2.23. The topological polar surface area (TPSA) is 88.0 Å². The van der Waals surface area contributed by atoms with Crippen molar-refractivity contribution in [3.63, 3.8) is 0 Å². The lowest BCUT2D eigenvalue weighted by molar-refractivity contribution is -0.0855. The van der Waals surface area contributed by atoms with Gasteiger partial charge in [-0.25, -0.2) is 0 Å². The van der Waals surface area contributed by atoms with Crippen LogP contribution in [-0.2, 0) is 9.47 Å². The Labute approximate surface area is 104 Å². The standard InChI is InChI=1S/C12H15NO5/c14-9-3-8(4-10(15)5-9)12(16)13-6-11-7-17-1-2-18-11/h3-5,11,14-15H,1-2,6-7H2,(H,13,16). The smallest absolute Gasteiger partial charge is 0.251 e. The van der Waals surface area contributed by atoms with Gasteiger partial charge in [-0.05, 0) is 12.1 Å². The van der Waals surface area contributed by atoms with Crippen LogP contribution < -0.4 is 5.32 Å². The van der Waals surface area contributed by atoms with Crippen LogP contribution in [0.5, 0.6) is 11.5 Å². The van der Waals surface area contributed by atoms with E-state index in [1.54, 1.807) is 0 Å². The van der Waals surface area contributed by atoms with Crippen LogP contribution in [-0.4, -0.2) is 48.6 Å². The van der Waals surface area contributed by atoms with Crippen molar-refractivity contribution < 1.29 is 24.5 Å². The molecule has 3 N–H and O–H groups in total. The highest BCUT2D eigenvalue weighted by atomic mass is 16.6. The molecule has 2 rings (SSSR count). The number of ether oxygens (including phenoxy) is 2. The number of carbonyl (C=O) groups excluding carboxylic acids is 1. The summed E-state index contributed by atoms with van der Waals surface area (Å²) in [5, 5.41) is 21.2. The fourth-order valence-corrected chi connectivity index (χ4v) is 1.69. The fourth-order valence-electron chi connectivity index (χ4n) is 1.69. The van der Waals surface area contributed by atoms with Gasteiger partial charge >= 0.3 is 0 Å². The third kappa shape index (κ3) is 3.35. The molecule has 1 aromatic carbocycles. The number of aromatic hydroxyl groups is 2. The van der Waals surface area contributed by atoms with Crippen molar-refractivity contribution in [2.45, 2.75) is 6.10 Å². The summed E-state index contributed by atoms with van der Waals surface area (Å²) in [6.45, 7) is 1.87. The monoisotopic (exact) mass is 253 g/mol. The van der Waals surface area contributed by atoms with Gasteiger partial charge in [-0.1, -0.05) is 0 Å². The van der Waals surface area contributed by atoms with E-state index in [2.05, 4.69) is 5.32 Å². The number of benzene rings is 1. The van der Waals surface area contributed by atoms with Crippen molar-refractivity contribution in [2.24, 2.45) is 0 Å². The second-order valence-corrected chi connectivity index (χ2v) is 4.02. The number of phenolic OH excluding ortho intramolecular Hbond substituents is 2. The molecule has 1 unspecified atom stereocenters. The van der Waals surface area contributed by atoms with E-state index in [4.69, 9.17) is 9.47 Å². The molecule has 0 spiro atoms. The van der Waals surface area contributed by atoms with E-state index in [1.165, 1.54) is 12.1 Å². The van der Waals surface area contributed by atoms with Gasteiger partial charge in [-0.2, -0.15) is 0 Å². The molecule has 0 aromatic heterocycles. The van der Waals surface area contributed by atoms with Crippen LogP contribution in [0.25, 0.3) is 0 Å². The third-order valence-electron chi connectivity index (χ3n) is 2.54. The first kappa shape index (κ1) is 12.7. The molecule has 1 fully saturated rings. The Bertz CT molecular complexity index is 408. The molecule has 1 aromatic rings. The predicted molar refractivity (Wildman–Crippen MR) is 62.7 cm³/mol. The lowest BCUT2D eigenvalue weighted by atomic mass is 10.2. The summed E-state index contributed by atoms with van der Waals surface area (Å²) < 4.78 is 10.6. The molecule has 1 aliphatic rings. The highest BCUT2D eigenvalue weighted by molar-refractivity contribution is 5.95. The molecule has 6 nitrogen and oxygen atoms in total. The number of carbonyl (C=O) groups is 1. The molecule has 6 heteroatoms. The zero-order valence-corrected chi connectivity index (χ0v) is 9.76. The predicted octanol–water partition coefficient (Wildman–Crippen LogP) is 0.243. The van der Waals surface area contributed by atoms with Crippen LogP contribution in [0.3, 0.4) is 0 Å². The summed E-state index contributed by atoms with van der Waals surface area (Å²) in [5.41, 5.74) is 0.198. The maximum Gasteiger partial charge on any atom is 0.251 e. The molecule has 0 saturated carbocycles. The van der Waals surface area contributed by atoms with Crippen molar-refractivity contribution in [1.82, 2.24) is 5.32 Å². The second-order valence-electron chi connectivity index (χ2n) is 4.02. The summed E-state index contributed by atoms with van der Waals surface area (Å²) in [7, 11) is 0. The van der Waals surface area contributed by atoms with Crippen molar-refractivity contribution in [1.29, 1.82) is 0 Å². The summed E-state index contributed by atoms with van der Waals surface area (Å²) in [4.78, 5) is 11.8. The Kier molecular flexibility index (Phi) is 4.01. The Morgan fingerprint density at radius 2 is 2.00 bits per heavy atom. The first-order valence-electron chi connectivity index (χ1n) is 5.66. The SMILES string of the molecule is O=C(NCC1COCCO1)c1cc(O)cc(O)c1. The maximum absolute atomic E-state index is 11.8. The first-order chi connectivity index (χ1) is 8.65. The van der Waals surface area contributed by atoms with Gasteiger partial charge in [0.2, 0.25) is 0 Å². The van der Waals surface area contributed by atoms with E-state index in [0.717, 1.165) is 6.07 Å². The van der Waals surface area contributed by atoms with Gasteiger partial charge in [0.1, 0.15) is 11.5 Å². The zero-order chi connectivity index (χ0) is 13.0. The van der Waals surface area contributed by atoms with Gasteiger partial charge in [0.25, 0.3) is 5.91 Å². The summed E-state index contributed by atoms with van der Waals surface area (Å²) in [6.07, 6.45) is -0.159. The van der Waals surface area contributed by atoms with Crippen molar-refractivity contribution in [3.8, 4) is 11.5 Å². The molecular formula is C12H15NO5. The number of hydrogen-bond acceptors (Lipinski definition) is 5. The molecule has 0 bridgehead atoms. The van der Waals surface area contributed by atoms with Crippen molar-refractivity contribution in [3.05, 3.63) is 23.8 Å². The molecule has 1 amide bonds. The quantitative estimate of drug-likeness (QED) is 0.718. The molecular weight excluding hydrogens is 238 g/mol. The van der Waals surface area contributed by atoms with Gasteiger partial charge < -0.3 is 25.0 Å². The maximum atomic E-state index is 11.8. The van der Waals surface area contributed by atoms with Gasteiger partial charge in [-0.15, -0.1) is 0 Å². The normalized spacial score (nSPS) is 19.4. The number of phenols is 2. The van der Waals surface area contributed by atoms with Gasteiger partial charge in [0.05, 0.1) is 25.9 Å². The lowest BCUT2D eigenvalue weighted by Crippen LogP contribution is -2.39. The Morgan fingerprint density at radius 3 is 2.61 bits per heavy atom. The minimum Gasteiger partial charge on any atom is -0.508 e. The van der Waals surface area contributed by atoms with Crippen LogP contribution in [0.4, 0.5) is 0 Å². The average molecular weight is 253 g/mol. The number of amides is 1. The molecule has 0 aliphatic carbocycles. The number of rotatable bonds is 3. The van der Waals surface area contributed by atoms with E-state index in [-0.39, 0.29) is 29.1 Å². The molecule has 1 atom stereocenters. The molecule has 0 radical (unpaired) electrons. The Balaban J connectivity index is 1.90. The minimum absolute atomic E-state index is 0.155. The molecule has 1 saturated heterocycles. The van der Waals surface area contributed by atoms with Gasteiger partial charge in [-0.3, -0.25) is 4.79 Å². The van der Waals surface area contributed by atoms with E-state index >= 15 is 0 Å². The van der Waals surface area contributed by atoms with Crippen molar-refractivity contribution in [2.75, 3.05) is 26.4 Å². The van der Waals surface area contributed by atoms with Crippen molar-refractivity contribution >= 4 is 5.91 Å². The van der Waals surface area contributed by atoms with E-state index in [0.29, 0.717) is 26.4 Å². The molecule has 1 aliphatic heterocycles. The third-order valence-corrected chi connectivity index (χ3v) is 2.54. The largest absolute Gasteiger partial charge is 0.508 e. The summed E-state index contributed by atoms with van der Waals surface area (Å²) in [5.74, 6) is -0.690. The van der Waals surface area contributed by atoms with E-state index in [9.17, 15) is 15.0 Å². The fraction of sp³-hybridized carbons (Fsp3) is 0.417. The van der Waals surface area contributed by atoms with E-state index in [1.807, 2.05) is 0 Å². The van der Waals surface area contributed by atoms with Gasteiger partial charge in [0.15, 0.2) is 0 Å². The molecule has 18 heavy (non-hydrogen) atoms. The molecule has 98 valence electrons. The highest BCUT2D eigenvalue weighted by Gasteiger charge is 2.16. The summed E-state index contributed by atoms with van der Waals surface area (Å²) in [6, 6.07) is 3.73. The van der Waals surface area contributed by atoms with Crippen LogP contribution in [0, 0.1) is 0 Å². The van der Waals surface area contributed by atoms with Crippen LogP contribution >= 0.6 is 0 Å². The van der Waals surface area contributed by atoms with Crippen LogP contribution in [0.2, 0.25) is 0 Å². The zero-order valence-electron chi connectivity index (χ0n) is 9.76. The number of nitrogens with one attached hydrogen (secondary N) is 1. The average Bonchev–Trinajstić information content (AvgIpc) is 2.36. The minimum atomic E-state index is -0.379. The summed E-state index contributed by atoms with van der Waals surface area (Å²) >= 11 is 0. The number of hydrogen-bond donors (Lipinski definition) is 3. The first-order valence-corrected chi connectivity index (χ1v) is 5.66. The van der Waals surface area contributed by atoms with Crippen LogP contribution in [0.15, 0.2) is 18.2 Å². The second kappa shape index (κ2) is 5.70. The van der Waals surface area contributed by atoms with E-state index < -0.39 is 0 Å².